The van der Waals surface area contributed by atoms with Crippen LogP contribution in [-0.2, 0) is 4.74 Å². The second-order valence-electron chi connectivity index (χ2n) is 4.92. The lowest BCUT2D eigenvalue weighted by Gasteiger charge is -2.09. The smallest absolute Gasteiger partial charge is 0.0535 e. The summed E-state index contributed by atoms with van der Waals surface area (Å²) in [4.78, 5) is 0. The average Bonchev–Trinajstić information content (AvgIpc) is 3.14. The van der Waals surface area contributed by atoms with E-state index in [1.807, 2.05) is 26.0 Å². The maximum Gasteiger partial charge on any atom is 0.0535 e. The Labute approximate surface area is 117 Å². The van der Waals surface area contributed by atoms with Crippen molar-refractivity contribution in [2.45, 2.75) is 33.1 Å². The molecule has 2 rings (SSSR count). The van der Waals surface area contributed by atoms with Gasteiger partial charge in [0.2, 0.25) is 0 Å². The van der Waals surface area contributed by atoms with Crippen molar-refractivity contribution >= 4 is 0 Å². The van der Waals surface area contributed by atoms with E-state index >= 15 is 0 Å². The van der Waals surface area contributed by atoms with Gasteiger partial charge in [-0.3, -0.25) is 0 Å². The molecule has 2 heteroatoms. The maximum atomic E-state index is 5.34. The molecule has 0 bridgehead atoms. The monoisotopic (exact) mass is 261 g/mol. The van der Waals surface area contributed by atoms with Crippen LogP contribution < -0.4 is 5.32 Å². The van der Waals surface area contributed by atoms with E-state index in [1.165, 1.54) is 12.8 Å². The highest BCUT2D eigenvalue weighted by Gasteiger charge is 2.24. The molecule has 2 fully saturated rings. The van der Waals surface area contributed by atoms with Crippen LogP contribution in [0.25, 0.3) is 0 Å². The Kier molecular flexibility index (Phi) is 6.65. The Morgan fingerprint density at radius 1 is 1.05 bits per heavy atom. The van der Waals surface area contributed by atoms with E-state index in [0.717, 1.165) is 36.6 Å². The second-order valence-corrected chi connectivity index (χ2v) is 4.92. The number of hydrogen-bond donors (Lipinski definition) is 1. The first kappa shape index (κ1) is 15.8. The zero-order valence-corrected chi connectivity index (χ0v) is 12.4. The molecule has 1 saturated heterocycles. The summed E-state index contributed by atoms with van der Waals surface area (Å²) in [6.45, 7) is 17.7. The fourth-order valence-electron chi connectivity index (χ4n) is 1.95. The number of nitrogens with one attached hydrogen (secondary N) is 1. The van der Waals surface area contributed by atoms with Crippen molar-refractivity contribution in [1.82, 2.24) is 5.32 Å². The van der Waals surface area contributed by atoms with Crippen molar-refractivity contribution in [1.29, 1.82) is 0 Å². The molecule has 1 aliphatic carbocycles. The highest BCUT2D eigenvalue weighted by atomic mass is 16.5. The zero-order chi connectivity index (χ0) is 14.3. The Balaban J connectivity index is 0.000000861. The molecular formula is C17H27NO. The van der Waals surface area contributed by atoms with E-state index < -0.39 is 0 Å². The van der Waals surface area contributed by atoms with Gasteiger partial charge in [0.15, 0.2) is 0 Å². The van der Waals surface area contributed by atoms with Crippen LogP contribution in [0, 0.1) is 11.8 Å². The summed E-state index contributed by atoms with van der Waals surface area (Å²) in [5.74, 6) is 1.14. The van der Waals surface area contributed by atoms with Crippen LogP contribution in [0.15, 0.2) is 48.9 Å². The molecule has 0 aromatic carbocycles. The van der Waals surface area contributed by atoms with E-state index in [2.05, 4.69) is 25.1 Å². The third-order valence-electron chi connectivity index (χ3n) is 3.34. The van der Waals surface area contributed by atoms with Crippen molar-refractivity contribution in [2.75, 3.05) is 13.2 Å². The van der Waals surface area contributed by atoms with Crippen molar-refractivity contribution in [2.24, 2.45) is 11.8 Å². The van der Waals surface area contributed by atoms with E-state index in [-0.39, 0.29) is 0 Å². The van der Waals surface area contributed by atoms with Crippen LogP contribution in [0.3, 0.4) is 0 Å². The zero-order valence-electron chi connectivity index (χ0n) is 12.4. The molecular weight excluding hydrogens is 234 g/mol. The molecule has 1 aliphatic heterocycles. The van der Waals surface area contributed by atoms with Gasteiger partial charge in [0.05, 0.1) is 6.61 Å². The van der Waals surface area contributed by atoms with Crippen LogP contribution >= 0.6 is 0 Å². The van der Waals surface area contributed by atoms with E-state index in [1.54, 1.807) is 0 Å². The Morgan fingerprint density at radius 3 is 2.26 bits per heavy atom. The molecule has 1 saturated carbocycles. The van der Waals surface area contributed by atoms with E-state index in [4.69, 9.17) is 4.74 Å². The molecule has 0 amide bonds. The quantitative estimate of drug-likeness (QED) is 0.724. The van der Waals surface area contributed by atoms with Gasteiger partial charge < -0.3 is 10.1 Å². The van der Waals surface area contributed by atoms with Gasteiger partial charge in [-0.15, -0.1) is 0 Å². The number of ether oxygens (including phenoxy) is 1. The summed E-state index contributed by atoms with van der Waals surface area (Å²) in [7, 11) is 0. The first-order valence-electron chi connectivity index (χ1n) is 7.26. The SMILES string of the molecule is C=C(/C=C\C(=C)C1CCOC1)NC(=C)C1CC1.CC. The van der Waals surface area contributed by atoms with Gasteiger partial charge in [-0.25, -0.2) is 0 Å². The summed E-state index contributed by atoms with van der Waals surface area (Å²) in [6, 6.07) is 0. The molecule has 0 radical (unpaired) electrons. The van der Waals surface area contributed by atoms with Crippen molar-refractivity contribution < 1.29 is 4.74 Å². The molecule has 0 aromatic heterocycles. The summed E-state index contributed by atoms with van der Waals surface area (Å²) in [6.07, 6.45) is 7.62. The Morgan fingerprint density at radius 2 is 1.74 bits per heavy atom. The van der Waals surface area contributed by atoms with Crippen LogP contribution in [-0.4, -0.2) is 13.2 Å². The number of allylic oxidation sites excluding steroid dienone is 3. The normalized spacial score (nSPS) is 21.7. The number of hydrogen-bond acceptors (Lipinski definition) is 2. The van der Waals surface area contributed by atoms with Gasteiger partial charge in [-0.1, -0.05) is 39.7 Å². The highest BCUT2D eigenvalue weighted by molar-refractivity contribution is 5.28. The molecule has 19 heavy (non-hydrogen) atoms. The van der Waals surface area contributed by atoms with Crippen molar-refractivity contribution in [3.8, 4) is 0 Å². The summed E-state index contributed by atoms with van der Waals surface area (Å²) < 4.78 is 5.34. The molecule has 106 valence electrons. The molecule has 2 aliphatic rings. The predicted octanol–water partition coefficient (Wildman–Crippen LogP) is 4.19. The molecule has 0 spiro atoms. The standard InChI is InChI=1S/C15H21NO.C2H6/c1-11(15-8-9-17-10-15)4-5-12(2)16-13(3)14-6-7-14;1-2/h4-5,14-16H,1-3,6-10H2;1-2H3/b5-4-;. The van der Waals surface area contributed by atoms with E-state index in [9.17, 15) is 0 Å². The Hall–Kier alpha value is -1.28. The van der Waals surface area contributed by atoms with Crippen LogP contribution in [0.1, 0.15) is 33.1 Å². The van der Waals surface area contributed by atoms with E-state index in [0.29, 0.717) is 11.8 Å². The van der Waals surface area contributed by atoms with Gasteiger partial charge in [0.25, 0.3) is 0 Å². The first-order chi connectivity index (χ1) is 9.16. The van der Waals surface area contributed by atoms with Gasteiger partial charge in [0.1, 0.15) is 0 Å². The minimum Gasteiger partial charge on any atom is -0.381 e. The third-order valence-corrected chi connectivity index (χ3v) is 3.34. The lowest BCUT2D eigenvalue weighted by Crippen LogP contribution is -2.10. The fraction of sp³-hybridized carbons (Fsp3) is 0.529. The van der Waals surface area contributed by atoms with Gasteiger partial charge in [-0.2, -0.15) is 0 Å². The van der Waals surface area contributed by atoms with Crippen LogP contribution in [0.5, 0.6) is 0 Å². The largest absolute Gasteiger partial charge is 0.381 e. The second kappa shape index (κ2) is 8.00. The minimum absolute atomic E-state index is 0.477. The van der Waals surface area contributed by atoms with Gasteiger partial charge >= 0.3 is 0 Å². The third kappa shape index (κ3) is 5.48. The molecule has 1 atom stereocenters. The lowest BCUT2D eigenvalue weighted by molar-refractivity contribution is 0.190. The highest BCUT2D eigenvalue weighted by Crippen LogP contribution is 2.34. The maximum absolute atomic E-state index is 5.34. The molecule has 1 N–H and O–H groups in total. The Bertz CT molecular complexity index is 357. The average molecular weight is 261 g/mol. The van der Waals surface area contributed by atoms with Crippen molar-refractivity contribution in [3.63, 3.8) is 0 Å². The fourth-order valence-corrected chi connectivity index (χ4v) is 1.95. The minimum atomic E-state index is 0.477. The molecule has 2 nitrogen and oxygen atoms in total. The number of rotatable bonds is 6. The molecule has 1 heterocycles. The van der Waals surface area contributed by atoms with Crippen LogP contribution in [0.4, 0.5) is 0 Å². The first-order valence-corrected chi connectivity index (χ1v) is 7.26. The predicted molar refractivity (Wildman–Crippen MR) is 82.7 cm³/mol. The molecule has 1 unspecified atom stereocenters. The summed E-state index contributed by atoms with van der Waals surface area (Å²) >= 11 is 0. The summed E-state index contributed by atoms with van der Waals surface area (Å²) in [5, 5.41) is 3.24. The topological polar surface area (TPSA) is 21.3 Å². The van der Waals surface area contributed by atoms with Crippen LogP contribution in [0.2, 0.25) is 0 Å². The van der Waals surface area contributed by atoms with Gasteiger partial charge in [0, 0.05) is 23.9 Å². The van der Waals surface area contributed by atoms with Crippen molar-refractivity contribution in [3.05, 3.63) is 48.9 Å². The lowest BCUT2D eigenvalue weighted by atomic mass is 9.99. The van der Waals surface area contributed by atoms with Gasteiger partial charge in [-0.05, 0) is 36.8 Å². The summed E-state index contributed by atoms with van der Waals surface area (Å²) in [5.41, 5.74) is 3.11. The molecule has 0 aromatic rings.